The van der Waals surface area contributed by atoms with E-state index in [9.17, 15) is 0 Å². The van der Waals surface area contributed by atoms with Gasteiger partial charge in [-0.15, -0.1) is 24.0 Å². The van der Waals surface area contributed by atoms with Crippen molar-refractivity contribution in [2.24, 2.45) is 10.7 Å². The quantitative estimate of drug-likeness (QED) is 0.400. The zero-order chi connectivity index (χ0) is 16.1. The second-order valence-electron chi connectivity index (χ2n) is 6.73. The summed E-state index contributed by atoms with van der Waals surface area (Å²) in [6, 6.07) is 3.24. The number of nitrogens with two attached hydrogens (primary N) is 1. The van der Waals surface area contributed by atoms with Gasteiger partial charge in [0.2, 0.25) is 0 Å². The molecule has 0 amide bonds. The van der Waals surface area contributed by atoms with Gasteiger partial charge < -0.3 is 11.1 Å². The van der Waals surface area contributed by atoms with Gasteiger partial charge in [0.25, 0.3) is 0 Å². The summed E-state index contributed by atoms with van der Waals surface area (Å²) in [6.07, 6.45) is 9.78. The molecule has 2 heterocycles. The molecule has 136 valence electrons. The van der Waals surface area contributed by atoms with Gasteiger partial charge >= 0.3 is 0 Å². The van der Waals surface area contributed by atoms with Gasteiger partial charge in [-0.2, -0.15) is 5.10 Å². The summed E-state index contributed by atoms with van der Waals surface area (Å²) in [5, 5.41) is 7.92. The van der Waals surface area contributed by atoms with E-state index in [0.717, 1.165) is 18.8 Å². The molecule has 1 saturated carbocycles. The Balaban J connectivity index is 0.00000208. The van der Waals surface area contributed by atoms with Gasteiger partial charge in [-0.3, -0.25) is 9.58 Å². The minimum absolute atomic E-state index is 0. The lowest BCUT2D eigenvalue weighted by Gasteiger charge is -2.23. The minimum atomic E-state index is 0. The molecule has 1 aromatic heterocycles. The molecule has 1 unspecified atom stereocenters. The maximum Gasteiger partial charge on any atom is 0.189 e. The van der Waals surface area contributed by atoms with E-state index < -0.39 is 0 Å². The molecule has 24 heavy (non-hydrogen) atoms. The van der Waals surface area contributed by atoms with Crippen LogP contribution in [0.3, 0.4) is 0 Å². The van der Waals surface area contributed by atoms with Crippen LogP contribution in [-0.2, 0) is 6.54 Å². The van der Waals surface area contributed by atoms with Crippen molar-refractivity contribution in [2.75, 3.05) is 19.6 Å². The number of likely N-dealkylation sites (N-methyl/N-ethyl adjacent to an activating group) is 1. The molecule has 0 aromatic carbocycles. The summed E-state index contributed by atoms with van der Waals surface area (Å²) < 4.78 is 2.11. The van der Waals surface area contributed by atoms with Crippen LogP contribution >= 0.6 is 24.0 Å². The second-order valence-corrected chi connectivity index (χ2v) is 6.73. The van der Waals surface area contributed by atoms with Gasteiger partial charge in [-0.1, -0.05) is 19.8 Å². The normalized spacial score (nSPS) is 22.7. The van der Waals surface area contributed by atoms with E-state index in [2.05, 4.69) is 44.2 Å². The molecule has 1 aliphatic heterocycles. The first-order valence-electron chi connectivity index (χ1n) is 9.08. The number of hydrogen-bond acceptors (Lipinski definition) is 3. The Hall–Kier alpha value is -0.830. The van der Waals surface area contributed by atoms with E-state index in [1.165, 1.54) is 45.1 Å². The number of halogens is 1. The van der Waals surface area contributed by atoms with Crippen molar-refractivity contribution >= 4 is 29.9 Å². The third kappa shape index (κ3) is 5.08. The Morgan fingerprint density at radius 3 is 2.88 bits per heavy atom. The van der Waals surface area contributed by atoms with Gasteiger partial charge in [0, 0.05) is 18.8 Å². The predicted octanol–water partition coefficient (Wildman–Crippen LogP) is 2.50. The monoisotopic (exact) mass is 446 g/mol. The second kappa shape index (κ2) is 9.60. The van der Waals surface area contributed by atoms with Crippen molar-refractivity contribution in [2.45, 2.75) is 64.1 Å². The fourth-order valence-corrected chi connectivity index (χ4v) is 3.82. The van der Waals surface area contributed by atoms with Crippen LogP contribution < -0.4 is 11.1 Å². The lowest BCUT2D eigenvalue weighted by Crippen LogP contribution is -2.42. The molecule has 2 fully saturated rings. The molecule has 6 nitrogen and oxygen atoms in total. The molecule has 7 heteroatoms. The van der Waals surface area contributed by atoms with Crippen LogP contribution in [0.25, 0.3) is 0 Å². The fourth-order valence-electron chi connectivity index (χ4n) is 3.82. The van der Waals surface area contributed by atoms with E-state index in [1.807, 2.05) is 0 Å². The van der Waals surface area contributed by atoms with Gasteiger partial charge in [0.05, 0.1) is 18.3 Å². The molecule has 0 radical (unpaired) electrons. The zero-order valence-electron chi connectivity index (χ0n) is 14.7. The van der Waals surface area contributed by atoms with Gasteiger partial charge in [0.1, 0.15) is 0 Å². The van der Waals surface area contributed by atoms with Crippen LogP contribution in [0.2, 0.25) is 0 Å². The summed E-state index contributed by atoms with van der Waals surface area (Å²) in [5.41, 5.74) is 7.00. The highest BCUT2D eigenvalue weighted by molar-refractivity contribution is 14.0. The van der Waals surface area contributed by atoms with E-state index >= 15 is 0 Å². The molecule has 1 aliphatic carbocycles. The lowest BCUT2D eigenvalue weighted by molar-refractivity contribution is 0.267. The third-order valence-corrected chi connectivity index (χ3v) is 5.20. The predicted molar refractivity (Wildman–Crippen MR) is 109 cm³/mol. The molecule has 0 bridgehead atoms. The molecular weight excluding hydrogens is 415 g/mol. The minimum Gasteiger partial charge on any atom is -0.370 e. The lowest BCUT2D eigenvalue weighted by atomic mass is 10.2. The summed E-state index contributed by atoms with van der Waals surface area (Å²) >= 11 is 0. The zero-order valence-corrected chi connectivity index (χ0v) is 17.0. The first-order chi connectivity index (χ1) is 11.3. The van der Waals surface area contributed by atoms with Crippen LogP contribution in [0.4, 0.5) is 0 Å². The van der Waals surface area contributed by atoms with Crippen molar-refractivity contribution in [3.63, 3.8) is 0 Å². The van der Waals surface area contributed by atoms with Crippen molar-refractivity contribution in [3.05, 3.63) is 18.0 Å². The first kappa shape index (κ1) is 19.5. The highest BCUT2D eigenvalue weighted by Gasteiger charge is 2.22. The topological polar surface area (TPSA) is 71.5 Å². The molecule has 0 spiro atoms. The molecule has 3 N–H and O–H groups in total. The van der Waals surface area contributed by atoms with Gasteiger partial charge in [-0.25, -0.2) is 4.99 Å². The number of aliphatic imine (C=N–C) groups is 1. The maximum absolute atomic E-state index is 6.00. The molecule has 2 aliphatic rings. The number of guanidine groups is 1. The number of nitrogens with zero attached hydrogens (tertiary/aromatic N) is 4. The summed E-state index contributed by atoms with van der Waals surface area (Å²) in [4.78, 5) is 6.94. The fraction of sp³-hybridized carbons (Fsp3) is 0.765. The van der Waals surface area contributed by atoms with Gasteiger partial charge in [0.15, 0.2) is 5.96 Å². The number of rotatable bonds is 6. The van der Waals surface area contributed by atoms with E-state index in [4.69, 9.17) is 5.73 Å². The Bertz CT molecular complexity index is 523. The van der Waals surface area contributed by atoms with Gasteiger partial charge in [-0.05, 0) is 44.8 Å². The number of hydrogen-bond donors (Lipinski definition) is 2. The SMILES string of the molecule is CCN1CCCC1CNC(N)=NCc1ccn(C2CCCC2)n1.I. The summed E-state index contributed by atoms with van der Waals surface area (Å²) in [6.45, 7) is 5.98. The Morgan fingerprint density at radius 1 is 1.33 bits per heavy atom. The Morgan fingerprint density at radius 2 is 2.12 bits per heavy atom. The van der Waals surface area contributed by atoms with Crippen molar-refractivity contribution in [3.8, 4) is 0 Å². The van der Waals surface area contributed by atoms with Crippen LogP contribution in [0.5, 0.6) is 0 Å². The van der Waals surface area contributed by atoms with Crippen LogP contribution in [0.1, 0.15) is 57.2 Å². The molecule has 1 aromatic rings. The van der Waals surface area contributed by atoms with Crippen LogP contribution in [-0.4, -0.2) is 46.3 Å². The van der Waals surface area contributed by atoms with E-state index in [0.29, 0.717) is 24.6 Å². The Kier molecular flexibility index (Phi) is 7.80. The van der Waals surface area contributed by atoms with E-state index in [1.54, 1.807) is 0 Å². The first-order valence-corrected chi connectivity index (χ1v) is 9.08. The Labute approximate surface area is 162 Å². The molecule has 1 saturated heterocycles. The third-order valence-electron chi connectivity index (χ3n) is 5.20. The number of aromatic nitrogens is 2. The summed E-state index contributed by atoms with van der Waals surface area (Å²) in [5.74, 6) is 0.531. The molecule has 3 rings (SSSR count). The van der Waals surface area contributed by atoms with Crippen molar-refractivity contribution < 1.29 is 0 Å². The number of nitrogens with one attached hydrogen (secondary N) is 1. The maximum atomic E-state index is 6.00. The molecule has 1 atom stereocenters. The van der Waals surface area contributed by atoms with Crippen LogP contribution in [0.15, 0.2) is 17.3 Å². The van der Waals surface area contributed by atoms with E-state index in [-0.39, 0.29) is 24.0 Å². The highest BCUT2D eigenvalue weighted by Crippen LogP contribution is 2.28. The average Bonchev–Trinajstić information content (AvgIpc) is 3.31. The highest BCUT2D eigenvalue weighted by atomic mass is 127. The van der Waals surface area contributed by atoms with Crippen molar-refractivity contribution in [1.82, 2.24) is 20.0 Å². The average molecular weight is 446 g/mol. The van der Waals surface area contributed by atoms with Crippen molar-refractivity contribution in [1.29, 1.82) is 0 Å². The largest absolute Gasteiger partial charge is 0.370 e. The van der Waals surface area contributed by atoms with Crippen LogP contribution in [0, 0.1) is 0 Å². The standard InChI is InChI=1S/C17H30N6.HI/c1-2-22-10-5-8-16(22)13-20-17(18)19-12-14-9-11-23(21-14)15-6-3-4-7-15;/h9,11,15-16H,2-8,10,12-13H2,1H3,(H3,18,19,20);1H. The summed E-state index contributed by atoms with van der Waals surface area (Å²) in [7, 11) is 0. The smallest absolute Gasteiger partial charge is 0.189 e. The number of likely N-dealkylation sites (tertiary alicyclic amines) is 1. The molecular formula is C17H31IN6.